The third-order valence-electron chi connectivity index (χ3n) is 1.86. The summed E-state index contributed by atoms with van der Waals surface area (Å²) in [6.07, 6.45) is 6.82. The van der Waals surface area contributed by atoms with Crippen molar-refractivity contribution in [1.29, 1.82) is 0 Å². The van der Waals surface area contributed by atoms with Gasteiger partial charge >= 0.3 is 0 Å². The molecule has 1 aromatic carbocycles. The van der Waals surface area contributed by atoms with Crippen molar-refractivity contribution in [3.05, 3.63) is 47.3 Å². The van der Waals surface area contributed by atoms with Crippen molar-refractivity contribution in [2.24, 2.45) is 11.6 Å². The van der Waals surface area contributed by atoms with E-state index in [-0.39, 0.29) is 0 Å². The molecule has 1 aromatic rings. The van der Waals surface area contributed by atoms with Crippen LogP contribution in [0.3, 0.4) is 0 Å². The first-order valence-corrected chi connectivity index (χ1v) is 4.91. The number of nitrogens with zero attached hydrogens (tertiary/aromatic N) is 1. The molecule has 0 aliphatic heterocycles. The highest BCUT2D eigenvalue weighted by molar-refractivity contribution is 6.30. The Morgan fingerprint density at radius 3 is 2.73 bits per heavy atom. The van der Waals surface area contributed by atoms with Crippen LogP contribution in [-0.4, -0.2) is 0 Å². The molecule has 0 unspecified atom stereocenters. The van der Waals surface area contributed by atoms with Crippen LogP contribution in [0, 0.1) is 0 Å². The number of rotatable bonds is 3. The van der Waals surface area contributed by atoms with Crippen LogP contribution in [0.4, 0.5) is 5.69 Å². The second kappa shape index (κ2) is 5.44. The summed E-state index contributed by atoms with van der Waals surface area (Å²) in [7, 11) is 0. The fraction of sp³-hybridized carbons (Fsp3) is 0.0909. The predicted octanol–water partition coefficient (Wildman–Crippen LogP) is 2.48. The molecular formula is C11H14ClN3. The zero-order valence-corrected chi connectivity index (χ0v) is 9.28. The first-order valence-electron chi connectivity index (χ1n) is 4.53. The molecule has 0 aromatic heterocycles. The zero-order chi connectivity index (χ0) is 11.3. The van der Waals surface area contributed by atoms with Gasteiger partial charge in [0.2, 0.25) is 0 Å². The van der Waals surface area contributed by atoms with Gasteiger partial charge in [-0.15, -0.1) is 0 Å². The first-order chi connectivity index (χ1) is 7.19. The van der Waals surface area contributed by atoms with Gasteiger partial charge in [-0.3, -0.25) is 5.01 Å². The van der Waals surface area contributed by atoms with Crippen molar-refractivity contribution in [2.45, 2.75) is 6.92 Å². The Morgan fingerprint density at radius 2 is 2.13 bits per heavy atom. The molecule has 0 radical (unpaired) electrons. The standard InChI is InChI=1S/C11H14ClN3/c1-2-3-9-8-10(12)4-5-11(9)15(14)7-6-13/h2-8H,13-14H2,1H3/b3-2+,7-6-. The van der Waals surface area contributed by atoms with E-state index < -0.39 is 0 Å². The van der Waals surface area contributed by atoms with Gasteiger partial charge < -0.3 is 5.73 Å². The summed E-state index contributed by atoms with van der Waals surface area (Å²) in [5.41, 5.74) is 7.07. The summed E-state index contributed by atoms with van der Waals surface area (Å²) in [6.45, 7) is 1.93. The van der Waals surface area contributed by atoms with Gasteiger partial charge in [-0.25, -0.2) is 5.84 Å². The molecule has 4 heteroatoms. The average Bonchev–Trinajstić information content (AvgIpc) is 2.18. The lowest BCUT2D eigenvalue weighted by Crippen LogP contribution is -2.25. The second-order valence-corrected chi connectivity index (χ2v) is 3.39. The van der Waals surface area contributed by atoms with Crippen LogP contribution in [0.25, 0.3) is 6.08 Å². The largest absolute Gasteiger partial charge is 0.403 e. The number of hydrogen-bond donors (Lipinski definition) is 2. The van der Waals surface area contributed by atoms with Gasteiger partial charge in [-0.05, 0) is 25.1 Å². The smallest absolute Gasteiger partial charge is 0.0642 e. The number of hydrogen-bond acceptors (Lipinski definition) is 3. The van der Waals surface area contributed by atoms with Crippen LogP contribution in [-0.2, 0) is 0 Å². The van der Waals surface area contributed by atoms with Crippen LogP contribution >= 0.6 is 11.6 Å². The van der Waals surface area contributed by atoms with E-state index in [9.17, 15) is 0 Å². The molecular weight excluding hydrogens is 210 g/mol. The van der Waals surface area contributed by atoms with E-state index in [4.69, 9.17) is 23.2 Å². The highest BCUT2D eigenvalue weighted by atomic mass is 35.5. The number of allylic oxidation sites excluding steroid dienone is 1. The number of hydrazine groups is 1. The van der Waals surface area contributed by atoms with Crippen LogP contribution < -0.4 is 16.6 Å². The number of halogens is 1. The van der Waals surface area contributed by atoms with E-state index in [1.54, 1.807) is 12.3 Å². The number of anilines is 1. The molecule has 0 heterocycles. The minimum Gasteiger partial charge on any atom is -0.403 e. The summed E-state index contributed by atoms with van der Waals surface area (Å²) in [4.78, 5) is 0. The van der Waals surface area contributed by atoms with Crippen molar-refractivity contribution in [2.75, 3.05) is 5.01 Å². The van der Waals surface area contributed by atoms with Crippen molar-refractivity contribution in [3.63, 3.8) is 0 Å². The fourth-order valence-corrected chi connectivity index (χ4v) is 1.43. The first kappa shape index (κ1) is 11.6. The Labute approximate surface area is 94.6 Å². The molecule has 0 bridgehead atoms. The van der Waals surface area contributed by atoms with Crippen LogP contribution in [0.15, 0.2) is 36.7 Å². The van der Waals surface area contributed by atoms with E-state index >= 15 is 0 Å². The molecule has 1 rings (SSSR count). The number of benzene rings is 1. The van der Waals surface area contributed by atoms with Crippen molar-refractivity contribution in [1.82, 2.24) is 0 Å². The SMILES string of the molecule is C/C=C/c1cc(Cl)ccc1N(N)/C=C\N. The molecule has 15 heavy (non-hydrogen) atoms. The van der Waals surface area contributed by atoms with Crippen LogP contribution in [0.1, 0.15) is 12.5 Å². The summed E-state index contributed by atoms with van der Waals surface area (Å²) >= 11 is 5.90. The molecule has 0 atom stereocenters. The highest BCUT2D eigenvalue weighted by Gasteiger charge is 2.03. The lowest BCUT2D eigenvalue weighted by Gasteiger charge is -2.16. The van der Waals surface area contributed by atoms with Crippen molar-refractivity contribution in [3.8, 4) is 0 Å². The summed E-state index contributed by atoms with van der Waals surface area (Å²) in [6, 6.07) is 5.48. The highest BCUT2D eigenvalue weighted by Crippen LogP contribution is 2.24. The Hall–Kier alpha value is -1.45. The molecule has 0 saturated carbocycles. The summed E-state index contributed by atoms with van der Waals surface area (Å²) in [5.74, 6) is 5.78. The number of nitrogens with two attached hydrogens (primary N) is 2. The summed E-state index contributed by atoms with van der Waals surface area (Å²) in [5, 5.41) is 2.13. The molecule has 0 spiro atoms. The van der Waals surface area contributed by atoms with Crippen LogP contribution in [0.2, 0.25) is 5.02 Å². The van der Waals surface area contributed by atoms with E-state index in [1.807, 2.05) is 31.2 Å². The van der Waals surface area contributed by atoms with E-state index in [0.717, 1.165) is 11.3 Å². The third-order valence-corrected chi connectivity index (χ3v) is 2.10. The molecule has 0 amide bonds. The Balaban J connectivity index is 3.15. The van der Waals surface area contributed by atoms with E-state index in [1.165, 1.54) is 11.2 Å². The monoisotopic (exact) mass is 223 g/mol. The van der Waals surface area contributed by atoms with Gasteiger partial charge in [0, 0.05) is 23.0 Å². The van der Waals surface area contributed by atoms with Gasteiger partial charge in [-0.2, -0.15) is 0 Å². The summed E-state index contributed by atoms with van der Waals surface area (Å²) < 4.78 is 0. The third kappa shape index (κ3) is 3.01. The van der Waals surface area contributed by atoms with E-state index in [2.05, 4.69) is 0 Å². The minimum atomic E-state index is 0.678. The fourth-order valence-electron chi connectivity index (χ4n) is 1.25. The lowest BCUT2D eigenvalue weighted by molar-refractivity contribution is 1.07. The molecule has 0 saturated heterocycles. The molecule has 0 fully saturated rings. The Morgan fingerprint density at radius 1 is 1.40 bits per heavy atom. The molecule has 4 N–H and O–H groups in total. The maximum absolute atomic E-state index is 5.90. The Kier molecular flexibility index (Phi) is 4.21. The predicted molar refractivity (Wildman–Crippen MR) is 66.2 cm³/mol. The zero-order valence-electron chi connectivity index (χ0n) is 8.52. The molecule has 0 aliphatic carbocycles. The van der Waals surface area contributed by atoms with Gasteiger partial charge in [0.25, 0.3) is 0 Å². The average molecular weight is 224 g/mol. The van der Waals surface area contributed by atoms with Crippen LogP contribution in [0.5, 0.6) is 0 Å². The van der Waals surface area contributed by atoms with Crippen molar-refractivity contribution < 1.29 is 0 Å². The van der Waals surface area contributed by atoms with Gasteiger partial charge in [-0.1, -0.05) is 23.8 Å². The maximum Gasteiger partial charge on any atom is 0.0642 e. The van der Waals surface area contributed by atoms with Gasteiger partial charge in [0.1, 0.15) is 0 Å². The van der Waals surface area contributed by atoms with Gasteiger partial charge in [0.05, 0.1) is 5.69 Å². The molecule has 3 nitrogen and oxygen atoms in total. The second-order valence-electron chi connectivity index (χ2n) is 2.95. The maximum atomic E-state index is 5.90. The quantitative estimate of drug-likeness (QED) is 0.612. The van der Waals surface area contributed by atoms with E-state index in [0.29, 0.717) is 5.02 Å². The lowest BCUT2D eigenvalue weighted by atomic mass is 10.1. The molecule has 0 aliphatic rings. The topological polar surface area (TPSA) is 55.3 Å². The Bertz CT molecular complexity index is 385. The van der Waals surface area contributed by atoms with Crippen molar-refractivity contribution >= 4 is 23.4 Å². The normalized spacial score (nSPS) is 11.4. The van der Waals surface area contributed by atoms with Gasteiger partial charge in [0.15, 0.2) is 0 Å². The minimum absolute atomic E-state index is 0.678. The molecule has 80 valence electrons.